The predicted octanol–water partition coefficient (Wildman–Crippen LogP) is 1.64. The molecule has 0 aromatic heterocycles. The molecule has 158 valence electrons. The number of imide groups is 1. The summed E-state index contributed by atoms with van der Waals surface area (Å²) in [5, 5.41) is 4.97. The van der Waals surface area contributed by atoms with Crippen LogP contribution < -0.4 is 20.1 Å². The van der Waals surface area contributed by atoms with Crippen LogP contribution in [0.5, 0.6) is 5.75 Å². The van der Waals surface area contributed by atoms with Gasteiger partial charge in [0.1, 0.15) is 17.2 Å². The lowest BCUT2D eigenvalue weighted by atomic mass is 10.3. The Morgan fingerprint density at radius 2 is 1.97 bits per heavy atom. The Kier molecular flexibility index (Phi) is 6.13. The van der Waals surface area contributed by atoms with E-state index in [2.05, 4.69) is 15.4 Å². The van der Waals surface area contributed by atoms with Crippen LogP contribution in [0.2, 0.25) is 5.02 Å². The predicted molar refractivity (Wildman–Crippen MR) is 109 cm³/mol. The summed E-state index contributed by atoms with van der Waals surface area (Å²) in [7, 11) is -2.81. The fourth-order valence-corrected chi connectivity index (χ4v) is 4.18. The van der Waals surface area contributed by atoms with Gasteiger partial charge in [0, 0.05) is 5.69 Å². The van der Waals surface area contributed by atoms with Crippen LogP contribution in [0.3, 0.4) is 0 Å². The van der Waals surface area contributed by atoms with Gasteiger partial charge in [0.15, 0.2) is 0 Å². The molecule has 0 saturated carbocycles. The van der Waals surface area contributed by atoms with E-state index in [4.69, 9.17) is 16.3 Å². The van der Waals surface area contributed by atoms with Crippen LogP contribution in [0.1, 0.15) is 0 Å². The fraction of sp³-hybridized carbons (Fsp3) is 0.167. The molecule has 12 heteroatoms. The van der Waals surface area contributed by atoms with Crippen molar-refractivity contribution in [3.05, 3.63) is 47.5 Å². The number of hydrogen-bond acceptors (Lipinski definition) is 6. The third-order valence-corrected chi connectivity index (χ3v) is 5.81. The van der Waals surface area contributed by atoms with E-state index in [9.17, 15) is 22.8 Å². The number of ether oxygens (including phenoxy) is 1. The quantitative estimate of drug-likeness (QED) is 0.547. The summed E-state index contributed by atoms with van der Waals surface area (Å²) in [4.78, 5) is 35.9. The van der Waals surface area contributed by atoms with Crippen LogP contribution in [0.15, 0.2) is 47.4 Å². The van der Waals surface area contributed by atoms with E-state index in [1.807, 2.05) is 0 Å². The monoisotopic (exact) mass is 452 g/mol. The molecule has 3 N–H and O–H groups in total. The van der Waals surface area contributed by atoms with Gasteiger partial charge in [-0.05, 0) is 30.3 Å². The summed E-state index contributed by atoms with van der Waals surface area (Å²) in [6, 6.07) is 9.62. The third kappa shape index (κ3) is 4.63. The van der Waals surface area contributed by atoms with Crippen molar-refractivity contribution >= 4 is 50.8 Å². The highest BCUT2D eigenvalue weighted by molar-refractivity contribution is 7.92. The maximum Gasteiger partial charge on any atom is 0.325 e. The summed E-state index contributed by atoms with van der Waals surface area (Å²) >= 11 is 6.02. The minimum atomic E-state index is -4.12. The molecule has 1 heterocycles. The van der Waals surface area contributed by atoms with Crippen molar-refractivity contribution in [2.45, 2.75) is 4.90 Å². The van der Waals surface area contributed by atoms with Gasteiger partial charge in [0.05, 0.1) is 24.4 Å². The van der Waals surface area contributed by atoms with E-state index < -0.39 is 34.4 Å². The molecule has 3 rings (SSSR count). The second kappa shape index (κ2) is 8.59. The summed E-state index contributed by atoms with van der Waals surface area (Å²) in [5.74, 6) is -1.16. The molecule has 0 atom stereocenters. The van der Waals surface area contributed by atoms with Crippen molar-refractivity contribution in [2.75, 3.05) is 30.2 Å². The molecule has 10 nitrogen and oxygen atoms in total. The van der Waals surface area contributed by atoms with Crippen molar-refractivity contribution in [1.82, 2.24) is 10.2 Å². The van der Waals surface area contributed by atoms with Gasteiger partial charge in [0.2, 0.25) is 5.91 Å². The Morgan fingerprint density at radius 3 is 2.60 bits per heavy atom. The Morgan fingerprint density at radius 1 is 1.23 bits per heavy atom. The molecular formula is C18H17ClN4O6S. The fourth-order valence-electron chi connectivity index (χ4n) is 2.67. The van der Waals surface area contributed by atoms with E-state index in [1.54, 1.807) is 12.1 Å². The topological polar surface area (TPSA) is 134 Å². The zero-order valence-electron chi connectivity index (χ0n) is 15.6. The number of sulfonamides is 1. The Bertz CT molecular complexity index is 1110. The first kappa shape index (κ1) is 21.4. The number of nitrogens with one attached hydrogen (secondary N) is 3. The molecule has 30 heavy (non-hydrogen) atoms. The Labute approximate surface area is 177 Å². The highest BCUT2D eigenvalue weighted by Crippen LogP contribution is 2.30. The standard InChI is InChI=1S/C18H17ClN4O6S/c1-29-14-7-6-11(21-16(24)10-23-17(25)9-20-18(23)26)8-15(14)30(27,28)22-13-5-3-2-4-12(13)19/h2-8,22H,9-10H2,1H3,(H,20,26)(H,21,24). The molecule has 1 saturated heterocycles. The number of benzene rings is 2. The Hall–Kier alpha value is -3.31. The number of carbonyl (C=O) groups is 3. The smallest absolute Gasteiger partial charge is 0.325 e. The number of anilines is 2. The first-order chi connectivity index (χ1) is 14.2. The van der Waals surface area contributed by atoms with E-state index >= 15 is 0 Å². The van der Waals surface area contributed by atoms with Crippen molar-refractivity contribution in [3.8, 4) is 5.75 Å². The highest BCUT2D eigenvalue weighted by Gasteiger charge is 2.30. The van der Waals surface area contributed by atoms with Gasteiger partial charge in [0.25, 0.3) is 15.9 Å². The van der Waals surface area contributed by atoms with Gasteiger partial charge in [-0.1, -0.05) is 23.7 Å². The van der Waals surface area contributed by atoms with Crippen molar-refractivity contribution < 1.29 is 27.5 Å². The SMILES string of the molecule is COc1ccc(NC(=O)CN2C(=O)CNC2=O)cc1S(=O)(=O)Nc1ccccc1Cl. The first-order valence-corrected chi connectivity index (χ1v) is 10.4. The van der Waals surface area contributed by atoms with Crippen LogP contribution in [-0.2, 0) is 19.6 Å². The second-order valence-electron chi connectivity index (χ2n) is 6.14. The van der Waals surface area contributed by atoms with Gasteiger partial charge in [-0.15, -0.1) is 0 Å². The lowest BCUT2D eigenvalue weighted by molar-refractivity contribution is -0.128. The second-order valence-corrected chi connectivity index (χ2v) is 8.20. The number of urea groups is 1. The average Bonchev–Trinajstić information content (AvgIpc) is 3.01. The molecule has 0 unspecified atom stereocenters. The van der Waals surface area contributed by atoms with Gasteiger partial charge in [-0.3, -0.25) is 19.2 Å². The number of methoxy groups -OCH3 is 1. The molecule has 4 amide bonds. The number of rotatable bonds is 7. The molecule has 1 aliphatic heterocycles. The van der Waals surface area contributed by atoms with E-state index in [1.165, 1.54) is 37.4 Å². The van der Waals surface area contributed by atoms with Gasteiger partial charge in [-0.25, -0.2) is 13.2 Å². The zero-order valence-corrected chi connectivity index (χ0v) is 17.2. The molecule has 0 bridgehead atoms. The minimum absolute atomic E-state index is 0.0432. The lowest BCUT2D eigenvalue weighted by Crippen LogP contribution is -2.38. The van der Waals surface area contributed by atoms with Gasteiger partial charge >= 0.3 is 6.03 Å². The van der Waals surface area contributed by atoms with Crippen molar-refractivity contribution in [2.24, 2.45) is 0 Å². The number of nitrogens with zero attached hydrogens (tertiary/aromatic N) is 1. The summed E-state index contributed by atoms with van der Waals surface area (Å²) in [6.45, 7) is -0.679. The molecule has 2 aromatic carbocycles. The van der Waals surface area contributed by atoms with Crippen LogP contribution >= 0.6 is 11.6 Å². The first-order valence-electron chi connectivity index (χ1n) is 8.54. The van der Waals surface area contributed by atoms with Crippen LogP contribution in [-0.4, -0.2) is 51.4 Å². The average molecular weight is 453 g/mol. The van der Waals surface area contributed by atoms with Crippen LogP contribution in [0.25, 0.3) is 0 Å². The minimum Gasteiger partial charge on any atom is -0.495 e. The van der Waals surface area contributed by atoms with Crippen molar-refractivity contribution in [1.29, 1.82) is 0 Å². The normalized spacial score (nSPS) is 13.7. The third-order valence-electron chi connectivity index (χ3n) is 4.09. The molecule has 1 aliphatic rings. The number of carbonyl (C=O) groups excluding carboxylic acids is 3. The van der Waals surface area contributed by atoms with E-state index in [0.29, 0.717) is 0 Å². The number of para-hydroxylation sites is 1. The largest absolute Gasteiger partial charge is 0.495 e. The summed E-state index contributed by atoms with van der Waals surface area (Å²) in [6.07, 6.45) is 0. The lowest BCUT2D eigenvalue weighted by Gasteiger charge is -2.15. The van der Waals surface area contributed by atoms with Crippen LogP contribution in [0, 0.1) is 0 Å². The highest BCUT2D eigenvalue weighted by atomic mass is 35.5. The molecule has 0 aliphatic carbocycles. The maximum absolute atomic E-state index is 12.9. The number of hydrogen-bond donors (Lipinski definition) is 3. The van der Waals surface area contributed by atoms with E-state index in [0.717, 1.165) is 4.90 Å². The van der Waals surface area contributed by atoms with Crippen LogP contribution in [0.4, 0.5) is 16.2 Å². The number of amides is 4. The molecule has 1 fully saturated rings. The Balaban J connectivity index is 1.83. The number of halogens is 1. The molecule has 0 radical (unpaired) electrons. The van der Waals surface area contributed by atoms with Gasteiger partial charge < -0.3 is 15.4 Å². The van der Waals surface area contributed by atoms with E-state index in [-0.39, 0.29) is 33.6 Å². The summed E-state index contributed by atoms with van der Waals surface area (Å²) < 4.78 is 33.2. The molecule has 0 spiro atoms. The van der Waals surface area contributed by atoms with Crippen molar-refractivity contribution in [3.63, 3.8) is 0 Å². The molecular weight excluding hydrogens is 436 g/mol. The van der Waals surface area contributed by atoms with Gasteiger partial charge in [-0.2, -0.15) is 0 Å². The zero-order chi connectivity index (χ0) is 21.9. The maximum atomic E-state index is 12.9. The molecule has 2 aromatic rings. The summed E-state index contributed by atoms with van der Waals surface area (Å²) in [5.41, 5.74) is 0.307.